The second kappa shape index (κ2) is 3.82. The number of amides is 1. The predicted octanol–water partition coefficient (Wildman–Crippen LogP) is 1.16. The van der Waals surface area contributed by atoms with Gasteiger partial charge >= 0.3 is 0 Å². The number of carbonyl (C=O) groups is 1. The van der Waals surface area contributed by atoms with Gasteiger partial charge in [0.05, 0.1) is 24.7 Å². The SMILES string of the molecule is N#Cc1cccc(C(=O)N2CC(O)(C3CC3)C2)c1. The number of hydrogen-bond donors (Lipinski definition) is 1. The zero-order valence-electron chi connectivity index (χ0n) is 9.97. The summed E-state index contributed by atoms with van der Waals surface area (Å²) in [6.07, 6.45) is 2.14. The third-order valence-electron chi connectivity index (χ3n) is 3.79. The second-order valence-corrected chi connectivity index (χ2v) is 5.23. The van der Waals surface area contributed by atoms with Gasteiger partial charge in [-0.15, -0.1) is 0 Å². The molecule has 0 atom stereocenters. The third-order valence-corrected chi connectivity index (χ3v) is 3.79. The summed E-state index contributed by atoms with van der Waals surface area (Å²) in [6.45, 7) is 0.848. The van der Waals surface area contributed by atoms with E-state index in [1.165, 1.54) is 0 Å². The molecule has 4 heteroatoms. The number of aliphatic hydroxyl groups is 1. The average molecular weight is 242 g/mol. The van der Waals surface area contributed by atoms with Crippen molar-refractivity contribution < 1.29 is 9.90 Å². The van der Waals surface area contributed by atoms with Crippen molar-refractivity contribution in [1.29, 1.82) is 5.26 Å². The first-order valence-corrected chi connectivity index (χ1v) is 6.14. The molecule has 0 radical (unpaired) electrons. The Balaban J connectivity index is 1.71. The second-order valence-electron chi connectivity index (χ2n) is 5.23. The van der Waals surface area contributed by atoms with Crippen LogP contribution in [0.15, 0.2) is 24.3 Å². The van der Waals surface area contributed by atoms with Gasteiger partial charge in [0.15, 0.2) is 0 Å². The Morgan fingerprint density at radius 1 is 1.44 bits per heavy atom. The van der Waals surface area contributed by atoms with Gasteiger partial charge in [-0.2, -0.15) is 5.26 Å². The van der Waals surface area contributed by atoms with Gasteiger partial charge in [-0.1, -0.05) is 6.07 Å². The Morgan fingerprint density at radius 3 is 2.78 bits per heavy atom. The van der Waals surface area contributed by atoms with Crippen LogP contribution in [0, 0.1) is 17.2 Å². The van der Waals surface area contributed by atoms with E-state index >= 15 is 0 Å². The molecule has 2 aliphatic rings. The molecule has 1 amide bonds. The maximum atomic E-state index is 12.1. The molecule has 1 aromatic carbocycles. The summed E-state index contributed by atoms with van der Waals surface area (Å²) < 4.78 is 0. The molecule has 4 nitrogen and oxygen atoms in total. The van der Waals surface area contributed by atoms with E-state index in [0.29, 0.717) is 30.1 Å². The molecular formula is C14H14N2O2. The number of rotatable bonds is 2. The zero-order chi connectivity index (χ0) is 12.8. The molecule has 1 saturated carbocycles. The van der Waals surface area contributed by atoms with Crippen molar-refractivity contribution in [1.82, 2.24) is 4.90 Å². The van der Waals surface area contributed by atoms with Crippen LogP contribution < -0.4 is 0 Å². The first-order chi connectivity index (χ1) is 8.62. The molecule has 0 bridgehead atoms. The number of hydrogen-bond acceptors (Lipinski definition) is 3. The van der Waals surface area contributed by atoms with Crippen molar-refractivity contribution in [2.45, 2.75) is 18.4 Å². The Bertz CT molecular complexity index is 537. The standard InChI is InChI=1S/C14H14N2O2/c15-7-10-2-1-3-11(6-10)13(17)16-8-14(18,9-16)12-4-5-12/h1-3,6,12,18H,4-5,8-9H2. The lowest BCUT2D eigenvalue weighted by Crippen LogP contribution is -2.64. The maximum absolute atomic E-state index is 12.1. The smallest absolute Gasteiger partial charge is 0.254 e. The third kappa shape index (κ3) is 1.77. The van der Waals surface area contributed by atoms with Gasteiger partial charge in [-0.05, 0) is 37.0 Å². The number of benzene rings is 1. The molecular weight excluding hydrogens is 228 g/mol. The van der Waals surface area contributed by atoms with Crippen molar-refractivity contribution in [2.24, 2.45) is 5.92 Å². The fourth-order valence-corrected chi connectivity index (χ4v) is 2.54. The highest BCUT2D eigenvalue weighted by Crippen LogP contribution is 2.44. The van der Waals surface area contributed by atoms with Crippen LogP contribution in [-0.4, -0.2) is 34.6 Å². The zero-order valence-corrected chi connectivity index (χ0v) is 9.97. The van der Waals surface area contributed by atoms with E-state index in [2.05, 4.69) is 0 Å². The molecule has 1 heterocycles. The minimum atomic E-state index is -0.650. The Morgan fingerprint density at radius 2 is 2.17 bits per heavy atom. The van der Waals surface area contributed by atoms with Gasteiger partial charge in [-0.25, -0.2) is 0 Å². The van der Waals surface area contributed by atoms with Gasteiger partial charge in [0, 0.05) is 5.56 Å². The van der Waals surface area contributed by atoms with Crippen molar-refractivity contribution in [3.05, 3.63) is 35.4 Å². The molecule has 0 aromatic heterocycles. The van der Waals surface area contributed by atoms with E-state index in [0.717, 1.165) is 12.8 Å². The summed E-state index contributed by atoms with van der Waals surface area (Å²) in [7, 11) is 0. The van der Waals surface area contributed by atoms with Gasteiger partial charge in [0.2, 0.25) is 0 Å². The molecule has 1 saturated heterocycles. The van der Waals surface area contributed by atoms with E-state index in [1.54, 1.807) is 29.2 Å². The minimum Gasteiger partial charge on any atom is -0.386 e. The molecule has 2 fully saturated rings. The normalized spacial score (nSPS) is 21.0. The number of nitrogens with zero attached hydrogens (tertiary/aromatic N) is 2. The van der Waals surface area contributed by atoms with Crippen molar-refractivity contribution in [3.8, 4) is 6.07 Å². The lowest BCUT2D eigenvalue weighted by Gasteiger charge is -2.47. The fourth-order valence-electron chi connectivity index (χ4n) is 2.54. The van der Waals surface area contributed by atoms with Crippen LogP contribution in [0.4, 0.5) is 0 Å². The van der Waals surface area contributed by atoms with Gasteiger partial charge < -0.3 is 10.0 Å². The molecule has 1 aliphatic carbocycles. The van der Waals surface area contributed by atoms with Crippen LogP contribution >= 0.6 is 0 Å². The van der Waals surface area contributed by atoms with Crippen LogP contribution in [0.5, 0.6) is 0 Å². The van der Waals surface area contributed by atoms with Gasteiger partial charge in [0.25, 0.3) is 5.91 Å². The highest BCUT2D eigenvalue weighted by atomic mass is 16.3. The Labute approximate surface area is 105 Å². The number of likely N-dealkylation sites (tertiary alicyclic amines) is 1. The molecule has 1 aromatic rings. The topological polar surface area (TPSA) is 64.3 Å². The largest absolute Gasteiger partial charge is 0.386 e. The average Bonchev–Trinajstić information content (AvgIpc) is 3.18. The summed E-state index contributed by atoms with van der Waals surface area (Å²) >= 11 is 0. The van der Waals surface area contributed by atoms with Gasteiger partial charge in [-0.3, -0.25) is 4.79 Å². The van der Waals surface area contributed by atoms with Crippen LogP contribution in [0.2, 0.25) is 0 Å². The Kier molecular flexibility index (Phi) is 2.39. The first-order valence-electron chi connectivity index (χ1n) is 6.14. The maximum Gasteiger partial charge on any atom is 0.254 e. The number of nitriles is 1. The van der Waals surface area contributed by atoms with E-state index in [-0.39, 0.29) is 5.91 Å². The van der Waals surface area contributed by atoms with E-state index in [4.69, 9.17) is 5.26 Å². The number of β-amino-alcohol motifs (C(OH)–C–C–N with tert-alkyl or cyclic N) is 1. The molecule has 18 heavy (non-hydrogen) atoms. The lowest BCUT2D eigenvalue weighted by molar-refractivity contribution is -0.0958. The Hall–Kier alpha value is -1.86. The van der Waals surface area contributed by atoms with Crippen LogP contribution in [0.3, 0.4) is 0 Å². The molecule has 0 unspecified atom stereocenters. The highest BCUT2D eigenvalue weighted by Gasteiger charge is 2.53. The molecule has 92 valence electrons. The van der Waals surface area contributed by atoms with Crippen molar-refractivity contribution >= 4 is 5.91 Å². The van der Waals surface area contributed by atoms with Crippen LogP contribution in [-0.2, 0) is 0 Å². The highest BCUT2D eigenvalue weighted by molar-refractivity contribution is 5.95. The molecule has 0 spiro atoms. The van der Waals surface area contributed by atoms with Crippen LogP contribution in [0.1, 0.15) is 28.8 Å². The first kappa shape index (κ1) is 11.2. The quantitative estimate of drug-likeness (QED) is 0.846. The summed E-state index contributed by atoms with van der Waals surface area (Å²) in [4.78, 5) is 13.8. The van der Waals surface area contributed by atoms with E-state index < -0.39 is 5.60 Å². The predicted molar refractivity (Wildman–Crippen MR) is 64.7 cm³/mol. The minimum absolute atomic E-state index is 0.0996. The summed E-state index contributed by atoms with van der Waals surface area (Å²) in [6, 6.07) is 8.70. The van der Waals surface area contributed by atoms with Gasteiger partial charge in [0.1, 0.15) is 5.60 Å². The summed E-state index contributed by atoms with van der Waals surface area (Å²) in [5.74, 6) is 0.282. The number of carbonyl (C=O) groups excluding carboxylic acids is 1. The monoisotopic (exact) mass is 242 g/mol. The van der Waals surface area contributed by atoms with Crippen molar-refractivity contribution in [2.75, 3.05) is 13.1 Å². The molecule has 3 rings (SSSR count). The summed E-state index contributed by atoms with van der Waals surface area (Å²) in [5, 5.41) is 19.0. The van der Waals surface area contributed by atoms with Crippen LogP contribution in [0.25, 0.3) is 0 Å². The van der Waals surface area contributed by atoms with E-state index in [9.17, 15) is 9.90 Å². The molecule has 1 N–H and O–H groups in total. The van der Waals surface area contributed by atoms with Crippen molar-refractivity contribution in [3.63, 3.8) is 0 Å². The van der Waals surface area contributed by atoms with E-state index in [1.807, 2.05) is 6.07 Å². The fraction of sp³-hybridized carbons (Fsp3) is 0.429. The lowest BCUT2D eigenvalue weighted by atomic mass is 9.88. The summed E-state index contributed by atoms with van der Waals surface area (Å²) in [5.41, 5.74) is 0.355. The molecule has 1 aliphatic heterocycles.